The Balaban J connectivity index is 1.96. The van der Waals surface area contributed by atoms with E-state index in [1.54, 1.807) is 0 Å². The van der Waals surface area contributed by atoms with Crippen molar-refractivity contribution in [1.82, 2.24) is 0 Å². The van der Waals surface area contributed by atoms with Crippen LogP contribution in [0.4, 0.5) is 0 Å². The molecule has 0 bridgehead atoms. The van der Waals surface area contributed by atoms with E-state index in [4.69, 9.17) is 0 Å². The number of benzene rings is 4. The molecule has 0 aliphatic heterocycles. The number of rotatable bonds is 2. The quantitative estimate of drug-likeness (QED) is 0.356. The lowest BCUT2D eigenvalue weighted by molar-refractivity contribution is 0.590. The third kappa shape index (κ3) is 3.04. The number of hydrogen-bond acceptors (Lipinski definition) is 0. The fraction of sp³-hybridized carbons (Fsp3) is 0.154. The normalized spacial score (nSPS) is 11.7. The van der Waals surface area contributed by atoms with Crippen LogP contribution in [0.5, 0.6) is 0 Å². The van der Waals surface area contributed by atoms with Gasteiger partial charge in [-0.15, -0.1) is 0 Å². The fourth-order valence-corrected chi connectivity index (χ4v) is 3.58. The van der Waals surface area contributed by atoms with Crippen molar-refractivity contribution < 1.29 is 0 Å². The van der Waals surface area contributed by atoms with E-state index in [0.717, 1.165) is 0 Å². The molecule has 0 aliphatic carbocycles. The molecule has 0 saturated carbocycles. The molecule has 0 radical (unpaired) electrons. The Morgan fingerprint density at radius 2 is 1.19 bits per heavy atom. The first kappa shape index (κ1) is 16.6. The largest absolute Gasteiger partial charge is 0.0622 e. The van der Waals surface area contributed by atoms with Crippen molar-refractivity contribution in [3.63, 3.8) is 0 Å². The molecule has 0 nitrogen and oxygen atoms in total. The molecule has 4 rings (SSSR count). The first-order chi connectivity index (χ1) is 12.5. The lowest BCUT2D eigenvalue weighted by Crippen LogP contribution is -2.10. The van der Waals surface area contributed by atoms with Gasteiger partial charge >= 0.3 is 0 Å². The predicted octanol–water partition coefficient (Wildman–Crippen LogP) is 7.47. The average molecular weight is 336 g/mol. The molecular weight excluding hydrogens is 312 g/mol. The molecule has 0 saturated heterocycles. The smallest absolute Gasteiger partial charge is 0.00268 e. The lowest BCUT2D eigenvalue weighted by Gasteiger charge is -2.20. The van der Waals surface area contributed by atoms with Gasteiger partial charge in [-0.05, 0) is 44.0 Å². The third-order valence-corrected chi connectivity index (χ3v) is 5.05. The highest BCUT2D eigenvalue weighted by atomic mass is 14.2. The minimum absolute atomic E-state index is 0.171. The van der Waals surface area contributed by atoms with Gasteiger partial charge in [0, 0.05) is 0 Å². The van der Waals surface area contributed by atoms with Crippen LogP contribution in [0.1, 0.15) is 26.3 Å². The van der Waals surface area contributed by atoms with Crippen LogP contribution >= 0.6 is 0 Å². The van der Waals surface area contributed by atoms with E-state index in [2.05, 4.69) is 112 Å². The van der Waals surface area contributed by atoms with Gasteiger partial charge in [-0.3, -0.25) is 0 Å². The zero-order valence-electron chi connectivity index (χ0n) is 15.7. The van der Waals surface area contributed by atoms with Crippen LogP contribution in [0.2, 0.25) is 0 Å². The van der Waals surface area contributed by atoms with Gasteiger partial charge in [-0.25, -0.2) is 0 Å². The summed E-state index contributed by atoms with van der Waals surface area (Å²) in [6.45, 7) is 6.77. The third-order valence-electron chi connectivity index (χ3n) is 5.05. The van der Waals surface area contributed by atoms with Crippen LogP contribution in [0, 0.1) is 0 Å². The Labute approximate surface area is 156 Å². The molecule has 0 fully saturated rings. The monoisotopic (exact) mass is 336 g/mol. The molecule has 128 valence electrons. The van der Waals surface area contributed by atoms with Crippen LogP contribution in [-0.2, 0) is 5.41 Å². The van der Waals surface area contributed by atoms with Crippen LogP contribution in [-0.4, -0.2) is 0 Å². The van der Waals surface area contributed by atoms with E-state index in [-0.39, 0.29) is 5.41 Å². The van der Waals surface area contributed by atoms with Crippen LogP contribution in [0.25, 0.3) is 33.0 Å². The molecule has 0 unspecified atom stereocenters. The van der Waals surface area contributed by atoms with E-state index in [1.807, 2.05) is 0 Å². The molecule has 0 aliphatic rings. The zero-order valence-corrected chi connectivity index (χ0v) is 15.7. The van der Waals surface area contributed by atoms with Crippen LogP contribution < -0.4 is 0 Å². The molecule has 0 spiro atoms. The van der Waals surface area contributed by atoms with E-state index in [0.29, 0.717) is 0 Å². The first-order valence-corrected chi connectivity index (χ1v) is 9.22. The van der Waals surface area contributed by atoms with Gasteiger partial charge in [0.15, 0.2) is 0 Å². The van der Waals surface area contributed by atoms with Crippen LogP contribution in [0.3, 0.4) is 0 Å². The van der Waals surface area contributed by atoms with Crippen molar-refractivity contribution in [3.05, 3.63) is 96.6 Å². The second-order valence-electron chi connectivity index (χ2n) is 7.90. The van der Waals surface area contributed by atoms with Crippen molar-refractivity contribution in [3.8, 4) is 22.3 Å². The summed E-state index contributed by atoms with van der Waals surface area (Å²) in [5.41, 5.74) is 6.66. The highest BCUT2D eigenvalue weighted by Crippen LogP contribution is 2.38. The van der Waals surface area contributed by atoms with Crippen molar-refractivity contribution in [2.45, 2.75) is 26.2 Å². The van der Waals surface area contributed by atoms with Gasteiger partial charge in [-0.2, -0.15) is 0 Å². The average Bonchev–Trinajstić information content (AvgIpc) is 2.67. The van der Waals surface area contributed by atoms with Gasteiger partial charge in [0.1, 0.15) is 0 Å². The topological polar surface area (TPSA) is 0 Å². The zero-order chi connectivity index (χ0) is 18.1. The summed E-state index contributed by atoms with van der Waals surface area (Å²) in [7, 11) is 0. The molecular formula is C26H24. The van der Waals surface area contributed by atoms with Crippen molar-refractivity contribution >= 4 is 10.8 Å². The Hall–Kier alpha value is -2.86. The summed E-state index contributed by atoms with van der Waals surface area (Å²) in [6.07, 6.45) is 0. The molecule has 0 heterocycles. The summed E-state index contributed by atoms with van der Waals surface area (Å²) in [5, 5.41) is 2.58. The lowest BCUT2D eigenvalue weighted by atomic mass is 9.85. The van der Waals surface area contributed by atoms with Gasteiger partial charge in [0.25, 0.3) is 0 Å². The predicted molar refractivity (Wildman–Crippen MR) is 114 cm³/mol. The Morgan fingerprint density at radius 3 is 1.88 bits per heavy atom. The van der Waals surface area contributed by atoms with Crippen molar-refractivity contribution in [2.24, 2.45) is 0 Å². The molecule has 26 heavy (non-hydrogen) atoms. The van der Waals surface area contributed by atoms with E-state index < -0.39 is 0 Å². The molecule has 4 aromatic carbocycles. The summed E-state index contributed by atoms with van der Waals surface area (Å²) < 4.78 is 0. The molecule has 4 aromatic rings. The van der Waals surface area contributed by atoms with E-state index in [1.165, 1.54) is 38.6 Å². The minimum Gasteiger partial charge on any atom is -0.0622 e. The van der Waals surface area contributed by atoms with E-state index >= 15 is 0 Å². The van der Waals surface area contributed by atoms with Crippen molar-refractivity contribution in [1.29, 1.82) is 0 Å². The first-order valence-electron chi connectivity index (χ1n) is 9.22. The summed E-state index contributed by atoms with van der Waals surface area (Å²) in [6, 6.07) is 32.9. The highest BCUT2D eigenvalue weighted by molar-refractivity contribution is 6.04. The molecule has 0 aromatic heterocycles. The van der Waals surface area contributed by atoms with Crippen molar-refractivity contribution in [2.75, 3.05) is 0 Å². The minimum atomic E-state index is 0.171. The Morgan fingerprint density at radius 1 is 0.538 bits per heavy atom. The number of hydrogen-bond donors (Lipinski definition) is 0. The highest BCUT2D eigenvalue weighted by Gasteiger charge is 2.15. The van der Waals surface area contributed by atoms with Gasteiger partial charge in [-0.1, -0.05) is 112 Å². The maximum Gasteiger partial charge on any atom is -0.00268 e. The van der Waals surface area contributed by atoms with Gasteiger partial charge in [0.05, 0.1) is 0 Å². The van der Waals surface area contributed by atoms with Gasteiger partial charge < -0.3 is 0 Å². The molecule has 0 heteroatoms. The number of fused-ring (bicyclic) bond motifs is 1. The molecule has 0 atom stereocenters. The Kier molecular flexibility index (Phi) is 4.12. The summed E-state index contributed by atoms with van der Waals surface area (Å²) >= 11 is 0. The second kappa shape index (κ2) is 6.46. The summed E-state index contributed by atoms with van der Waals surface area (Å²) in [4.78, 5) is 0. The molecule has 0 amide bonds. The van der Waals surface area contributed by atoms with Crippen LogP contribution in [0.15, 0.2) is 91.0 Å². The molecule has 0 N–H and O–H groups in total. The maximum atomic E-state index is 2.26. The Bertz CT molecular complexity index is 1030. The second-order valence-corrected chi connectivity index (χ2v) is 7.90. The summed E-state index contributed by atoms with van der Waals surface area (Å²) in [5.74, 6) is 0. The van der Waals surface area contributed by atoms with E-state index in [9.17, 15) is 0 Å². The SMILES string of the molecule is CC(C)(C)c1ccc(-c2ccc3ccccc3c2-c2ccccc2)cc1. The standard InChI is InChI=1S/C26H24/c1-26(2,3)22-16-13-20(14-17-22)24-18-15-19-9-7-8-12-23(19)25(24)21-10-5-4-6-11-21/h4-18H,1-3H3. The fourth-order valence-electron chi connectivity index (χ4n) is 3.58. The van der Waals surface area contributed by atoms with Gasteiger partial charge in [0.2, 0.25) is 0 Å². The maximum absolute atomic E-state index is 2.26.